The van der Waals surface area contributed by atoms with E-state index in [-0.39, 0.29) is 5.92 Å². The molecule has 0 aromatic heterocycles. The molecule has 0 spiro atoms. The zero-order valence-corrected chi connectivity index (χ0v) is 11.0. The van der Waals surface area contributed by atoms with E-state index in [0.717, 1.165) is 0 Å². The third-order valence-corrected chi connectivity index (χ3v) is 3.38. The van der Waals surface area contributed by atoms with Crippen molar-refractivity contribution in [3.63, 3.8) is 0 Å². The number of aliphatic hydroxyl groups is 1. The van der Waals surface area contributed by atoms with Gasteiger partial charge in [-0.25, -0.2) is 0 Å². The van der Waals surface area contributed by atoms with Gasteiger partial charge in [-0.1, -0.05) is 45.1 Å². The Morgan fingerprint density at radius 2 is 1.67 bits per heavy atom. The zero-order chi connectivity index (χ0) is 12.2. The van der Waals surface area contributed by atoms with E-state index in [2.05, 4.69) is 39.5 Å². The summed E-state index contributed by atoms with van der Waals surface area (Å²) in [5.74, 6) is 1.15. The fraction of sp³-hybridized carbons (Fsp3) is 0.714. The summed E-state index contributed by atoms with van der Waals surface area (Å²) in [5, 5.41) is 9.78. The maximum atomic E-state index is 9.78. The summed E-state index contributed by atoms with van der Waals surface area (Å²) in [4.78, 5) is 0. The fourth-order valence-electron chi connectivity index (χ4n) is 1.19. The Morgan fingerprint density at radius 3 is 2.00 bits per heavy atom. The van der Waals surface area contributed by atoms with Crippen molar-refractivity contribution < 1.29 is 5.11 Å². The lowest BCUT2D eigenvalue weighted by atomic mass is 9.87. The fourth-order valence-corrected chi connectivity index (χ4v) is 1.19. The van der Waals surface area contributed by atoms with Gasteiger partial charge in [0.2, 0.25) is 0 Å². The van der Waals surface area contributed by atoms with Gasteiger partial charge >= 0.3 is 0 Å². The molecule has 0 unspecified atom stereocenters. The maximum absolute atomic E-state index is 9.78. The van der Waals surface area contributed by atoms with Gasteiger partial charge in [-0.3, -0.25) is 0 Å². The molecule has 0 saturated heterocycles. The Morgan fingerprint density at radius 1 is 1.20 bits per heavy atom. The predicted octanol–water partition coefficient (Wildman–Crippen LogP) is 3.80. The van der Waals surface area contributed by atoms with Crippen LogP contribution in [0.5, 0.6) is 0 Å². The van der Waals surface area contributed by atoms with Crippen molar-refractivity contribution in [2.75, 3.05) is 0 Å². The first kappa shape index (κ1) is 14.4. The predicted molar refractivity (Wildman–Crippen MR) is 67.7 cm³/mol. The first-order valence-electron chi connectivity index (χ1n) is 5.72. The van der Waals surface area contributed by atoms with E-state index in [0.29, 0.717) is 11.8 Å². The quantitative estimate of drug-likeness (QED) is 0.684. The van der Waals surface area contributed by atoms with Gasteiger partial charge < -0.3 is 5.11 Å². The molecule has 0 radical (unpaired) electrons. The molecule has 88 valence electrons. The molecule has 1 nitrogen and oxygen atoms in total. The summed E-state index contributed by atoms with van der Waals surface area (Å²) >= 11 is 0. The molecule has 0 rings (SSSR count). The molecule has 0 aromatic carbocycles. The van der Waals surface area contributed by atoms with Crippen molar-refractivity contribution in [1.29, 1.82) is 0 Å². The summed E-state index contributed by atoms with van der Waals surface area (Å²) in [6, 6.07) is 0. The minimum atomic E-state index is -0.636. The Balaban J connectivity index is 4.35. The standard InChI is InChI=1S/C14H26O/c1-10(2)13(5)11(3)8-9-12(4)14(6,7)15/h8-9,11-13,15H,1H2,2-7H3/b9-8+/t11-,12+,13+/m1/s1. The molecular weight excluding hydrogens is 184 g/mol. The first-order chi connectivity index (χ1) is 6.66. The summed E-state index contributed by atoms with van der Waals surface area (Å²) in [6.07, 6.45) is 4.28. The Kier molecular flexibility index (Phi) is 5.30. The number of hydrogen-bond donors (Lipinski definition) is 1. The molecule has 0 aliphatic carbocycles. The lowest BCUT2D eigenvalue weighted by Crippen LogP contribution is -2.27. The van der Waals surface area contributed by atoms with E-state index >= 15 is 0 Å². The molecule has 0 saturated carbocycles. The van der Waals surface area contributed by atoms with Crippen molar-refractivity contribution in [1.82, 2.24) is 0 Å². The van der Waals surface area contributed by atoms with Crippen LogP contribution in [0.25, 0.3) is 0 Å². The first-order valence-corrected chi connectivity index (χ1v) is 5.72. The monoisotopic (exact) mass is 210 g/mol. The smallest absolute Gasteiger partial charge is 0.0651 e. The van der Waals surface area contributed by atoms with Crippen LogP contribution in [-0.2, 0) is 0 Å². The highest BCUT2D eigenvalue weighted by Crippen LogP contribution is 2.22. The molecular formula is C14H26O. The minimum absolute atomic E-state index is 0.178. The summed E-state index contributed by atoms with van der Waals surface area (Å²) < 4.78 is 0. The number of allylic oxidation sites excluding steroid dienone is 2. The topological polar surface area (TPSA) is 20.2 Å². The summed E-state index contributed by atoms with van der Waals surface area (Å²) in [6.45, 7) is 16.1. The van der Waals surface area contributed by atoms with Gasteiger partial charge in [-0.05, 0) is 32.6 Å². The second-order valence-electron chi connectivity index (χ2n) is 5.32. The highest BCUT2D eigenvalue weighted by molar-refractivity contribution is 5.04. The third-order valence-electron chi connectivity index (χ3n) is 3.38. The lowest BCUT2D eigenvalue weighted by molar-refractivity contribution is 0.0439. The van der Waals surface area contributed by atoms with Gasteiger partial charge in [0.25, 0.3) is 0 Å². The minimum Gasteiger partial charge on any atom is -0.390 e. The van der Waals surface area contributed by atoms with Crippen LogP contribution in [0.1, 0.15) is 41.5 Å². The van der Waals surface area contributed by atoms with Crippen molar-refractivity contribution in [2.24, 2.45) is 17.8 Å². The highest BCUT2D eigenvalue weighted by Gasteiger charge is 2.20. The van der Waals surface area contributed by atoms with Gasteiger partial charge in [-0.15, -0.1) is 0 Å². The summed E-state index contributed by atoms with van der Waals surface area (Å²) in [7, 11) is 0. The Bertz CT molecular complexity index is 232. The van der Waals surface area contributed by atoms with Crippen LogP contribution in [0, 0.1) is 17.8 Å². The number of rotatable bonds is 5. The molecule has 0 amide bonds. The van der Waals surface area contributed by atoms with Crippen molar-refractivity contribution in [3.8, 4) is 0 Å². The van der Waals surface area contributed by atoms with Crippen LogP contribution in [0.15, 0.2) is 24.3 Å². The maximum Gasteiger partial charge on any atom is 0.0651 e. The van der Waals surface area contributed by atoms with Crippen molar-refractivity contribution >= 4 is 0 Å². The molecule has 0 bridgehead atoms. The van der Waals surface area contributed by atoms with Gasteiger partial charge in [-0.2, -0.15) is 0 Å². The molecule has 0 heterocycles. The van der Waals surface area contributed by atoms with Gasteiger partial charge in [0.1, 0.15) is 0 Å². The molecule has 0 aromatic rings. The zero-order valence-electron chi connectivity index (χ0n) is 11.0. The summed E-state index contributed by atoms with van der Waals surface area (Å²) in [5.41, 5.74) is 0.575. The molecule has 3 atom stereocenters. The second-order valence-corrected chi connectivity index (χ2v) is 5.32. The van der Waals surface area contributed by atoms with E-state index in [1.807, 2.05) is 20.8 Å². The third kappa shape index (κ3) is 5.17. The highest BCUT2D eigenvalue weighted by atomic mass is 16.3. The molecule has 1 N–H and O–H groups in total. The second kappa shape index (κ2) is 5.50. The SMILES string of the molecule is C=C(C)[C@H](C)[C@H](C)/C=C/[C@H](C)C(C)(C)O. The Labute approximate surface area is 94.9 Å². The van der Waals surface area contributed by atoms with Gasteiger partial charge in [0, 0.05) is 5.92 Å². The number of hydrogen-bond acceptors (Lipinski definition) is 1. The molecule has 15 heavy (non-hydrogen) atoms. The van der Waals surface area contributed by atoms with Gasteiger partial charge in [0.15, 0.2) is 0 Å². The van der Waals surface area contributed by atoms with Crippen LogP contribution in [0.2, 0.25) is 0 Å². The van der Waals surface area contributed by atoms with Crippen LogP contribution < -0.4 is 0 Å². The average Bonchev–Trinajstić information content (AvgIpc) is 2.10. The lowest BCUT2D eigenvalue weighted by Gasteiger charge is -2.24. The van der Waals surface area contributed by atoms with E-state index in [1.165, 1.54) is 5.57 Å². The van der Waals surface area contributed by atoms with Gasteiger partial charge in [0.05, 0.1) is 5.60 Å². The average molecular weight is 210 g/mol. The van der Waals surface area contributed by atoms with Crippen molar-refractivity contribution in [3.05, 3.63) is 24.3 Å². The van der Waals surface area contributed by atoms with Crippen molar-refractivity contribution in [2.45, 2.75) is 47.1 Å². The van der Waals surface area contributed by atoms with Crippen LogP contribution in [0.4, 0.5) is 0 Å². The largest absolute Gasteiger partial charge is 0.390 e. The molecule has 0 aliphatic heterocycles. The normalized spacial score (nSPS) is 18.9. The molecule has 1 heteroatoms. The van der Waals surface area contributed by atoms with Crippen LogP contribution >= 0.6 is 0 Å². The molecule has 0 aliphatic rings. The van der Waals surface area contributed by atoms with Crippen LogP contribution in [0.3, 0.4) is 0 Å². The molecule has 0 fully saturated rings. The van der Waals surface area contributed by atoms with E-state index in [4.69, 9.17) is 0 Å². The van der Waals surface area contributed by atoms with E-state index in [1.54, 1.807) is 0 Å². The van der Waals surface area contributed by atoms with Crippen LogP contribution in [-0.4, -0.2) is 10.7 Å². The van der Waals surface area contributed by atoms with E-state index in [9.17, 15) is 5.11 Å². The van der Waals surface area contributed by atoms with E-state index < -0.39 is 5.60 Å². The Hall–Kier alpha value is -0.560.